The fourth-order valence-corrected chi connectivity index (χ4v) is 2.94. The fraction of sp³-hybridized carbons (Fsp3) is 0.909. The third-order valence-electron chi connectivity index (χ3n) is 3.37. The van der Waals surface area contributed by atoms with Crippen LogP contribution >= 0.6 is 0 Å². The number of nitrogens with one attached hydrogen (secondary N) is 1. The lowest BCUT2D eigenvalue weighted by Gasteiger charge is -2.23. The fourth-order valence-electron chi connectivity index (χ4n) is 2.43. The van der Waals surface area contributed by atoms with Crippen LogP contribution in [0.5, 0.6) is 0 Å². The van der Waals surface area contributed by atoms with Gasteiger partial charge in [-0.3, -0.25) is 9.35 Å². The van der Waals surface area contributed by atoms with Crippen molar-refractivity contribution in [1.29, 1.82) is 0 Å². The highest BCUT2D eigenvalue weighted by Gasteiger charge is 2.27. The normalized spacial score (nSPS) is 25.6. The number of nitrogens with two attached hydrogens (primary N) is 1. The number of amides is 1. The van der Waals surface area contributed by atoms with Crippen molar-refractivity contribution in [2.75, 3.05) is 12.3 Å². The van der Waals surface area contributed by atoms with Crippen LogP contribution in [0.2, 0.25) is 0 Å². The highest BCUT2D eigenvalue weighted by atomic mass is 32.2. The van der Waals surface area contributed by atoms with E-state index < -0.39 is 10.1 Å². The molecule has 1 amide bonds. The van der Waals surface area contributed by atoms with Crippen molar-refractivity contribution in [3.8, 4) is 0 Å². The molecule has 0 aromatic carbocycles. The van der Waals surface area contributed by atoms with Crippen LogP contribution in [0, 0.1) is 5.92 Å². The van der Waals surface area contributed by atoms with E-state index in [1.54, 1.807) is 0 Å². The van der Waals surface area contributed by atoms with E-state index in [2.05, 4.69) is 5.32 Å². The van der Waals surface area contributed by atoms with Crippen molar-refractivity contribution in [1.82, 2.24) is 5.32 Å². The lowest BCUT2D eigenvalue weighted by atomic mass is 9.94. The summed E-state index contributed by atoms with van der Waals surface area (Å²) in [5, 5.41) is 3.19. The van der Waals surface area contributed by atoms with Crippen molar-refractivity contribution in [3.63, 3.8) is 0 Å². The molecule has 0 radical (unpaired) electrons. The van der Waals surface area contributed by atoms with Gasteiger partial charge in [0.15, 0.2) is 0 Å². The zero-order chi connectivity index (χ0) is 13.6. The molecule has 6 nitrogen and oxygen atoms in total. The molecule has 7 heteroatoms. The minimum atomic E-state index is -3.90. The topological polar surface area (TPSA) is 109 Å². The Balaban J connectivity index is 2.39. The molecule has 0 heterocycles. The molecule has 1 aliphatic rings. The van der Waals surface area contributed by atoms with Gasteiger partial charge in [0.1, 0.15) is 0 Å². The first-order valence-corrected chi connectivity index (χ1v) is 7.99. The summed E-state index contributed by atoms with van der Waals surface area (Å²) in [6, 6.07) is 0.0337. The highest BCUT2D eigenvalue weighted by Crippen LogP contribution is 2.23. The maximum Gasteiger partial charge on any atom is 0.264 e. The van der Waals surface area contributed by atoms with Crippen molar-refractivity contribution >= 4 is 16.0 Å². The van der Waals surface area contributed by atoms with Crippen molar-refractivity contribution in [2.24, 2.45) is 11.7 Å². The molecule has 1 saturated carbocycles. The van der Waals surface area contributed by atoms with E-state index in [4.69, 9.17) is 10.3 Å². The van der Waals surface area contributed by atoms with Gasteiger partial charge in [-0.1, -0.05) is 19.3 Å². The molecule has 0 bridgehead atoms. The molecule has 0 aromatic rings. The predicted molar refractivity (Wildman–Crippen MR) is 68.6 cm³/mol. The van der Waals surface area contributed by atoms with Gasteiger partial charge in [-0.15, -0.1) is 0 Å². The number of hydrogen-bond donors (Lipinski definition) is 3. The van der Waals surface area contributed by atoms with Crippen LogP contribution in [0.15, 0.2) is 0 Å². The van der Waals surface area contributed by atoms with E-state index in [9.17, 15) is 13.2 Å². The van der Waals surface area contributed by atoms with Crippen LogP contribution in [0.3, 0.4) is 0 Å². The second-order valence-corrected chi connectivity index (χ2v) is 6.42. The van der Waals surface area contributed by atoms with Gasteiger partial charge < -0.3 is 11.1 Å². The molecular weight excluding hydrogens is 256 g/mol. The summed E-state index contributed by atoms with van der Waals surface area (Å²) in [5.41, 5.74) is 5.39. The summed E-state index contributed by atoms with van der Waals surface area (Å²) < 4.78 is 29.7. The Morgan fingerprint density at radius 2 is 1.94 bits per heavy atom. The van der Waals surface area contributed by atoms with Crippen molar-refractivity contribution in [3.05, 3.63) is 0 Å². The van der Waals surface area contributed by atoms with Crippen LogP contribution in [-0.4, -0.2) is 37.2 Å². The van der Waals surface area contributed by atoms with E-state index >= 15 is 0 Å². The Labute approximate surface area is 108 Å². The molecule has 4 N–H and O–H groups in total. The quantitative estimate of drug-likeness (QED) is 0.367. The van der Waals surface area contributed by atoms with E-state index in [1.165, 1.54) is 0 Å². The van der Waals surface area contributed by atoms with Gasteiger partial charge in [-0.05, 0) is 25.8 Å². The first kappa shape index (κ1) is 15.4. The average molecular weight is 278 g/mol. The Kier molecular flexibility index (Phi) is 6.04. The van der Waals surface area contributed by atoms with E-state index in [0.717, 1.165) is 32.1 Å². The monoisotopic (exact) mass is 278 g/mol. The lowest BCUT2D eigenvalue weighted by Crippen LogP contribution is -2.42. The third kappa shape index (κ3) is 5.79. The standard InChI is InChI=1S/C11H22N2O4S/c12-11(14)9-5-2-1-3-6-10(9)13-7-4-8-18(15,16)17/h9-10,13H,1-8H2,(H2,12,14)(H,15,16,17). The number of carbonyl (C=O) groups excluding carboxylic acids is 1. The molecule has 0 aliphatic heterocycles. The number of carbonyl (C=O) groups is 1. The van der Waals surface area contributed by atoms with Gasteiger partial charge in [0.05, 0.1) is 11.7 Å². The highest BCUT2D eigenvalue weighted by molar-refractivity contribution is 7.85. The molecule has 1 fully saturated rings. The van der Waals surface area contributed by atoms with E-state index in [-0.39, 0.29) is 23.6 Å². The molecule has 2 atom stereocenters. The van der Waals surface area contributed by atoms with Crippen LogP contribution in [0.4, 0.5) is 0 Å². The largest absolute Gasteiger partial charge is 0.369 e. The van der Waals surface area contributed by atoms with Gasteiger partial charge >= 0.3 is 0 Å². The number of hydrogen-bond acceptors (Lipinski definition) is 4. The predicted octanol–water partition coefficient (Wildman–Crippen LogP) is 0.288. The van der Waals surface area contributed by atoms with E-state index in [1.807, 2.05) is 0 Å². The Hall–Kier alpha value is -0.660. The second kappa shape index (κ2) is 7.06. The maximum atomic E-state index is 11.4. The van der Waals surface area contributed by atoms with Crippen molar-refractivity contribution in [2.45, 2.75) is 44.6 Å². The molecule has 2 unspecified atom stereocenters. The number of rotatable bonds is 6. The van der Waals surface area contributed by atoms with Crippen LogP contribution in [0.25, 0.3) is 0 Å². The van der Waals surface area contributed by atoms with Gasteiger partial charge in [-0.2, -0.15) is 8.42 Å². The molecule has 106 valence electrons. The summed E-state index contributed by atoms with van der Waals surface area (Å²) in [5.74, 6) is -0.712. The minimum Gasteiger partial charge on any atom is -0.369 e. The number of primary amides is 1. The molecule has 1 rings (SSSR count). The SMILES string of the molecule is NC(=O)C1CCCCCC1NCCCS(=O)(=O)O. The van der Waals surface area contributed by atoms with Crippen LogP contribution in [-0.2, 0) is 14.9 Å². The molecule has 0 saturated heterocycles. The average Bonchev–Trinajstić information content (AvgIpc) is 2.48. The van der Waals surface area contributed by atoms with Crippen LogP contribution < -0.4 is 11.1 Å². The van der Waals surface area contributed by atoms with Crippen molar-refractivity contribution < 1.29 is 17.8 Å². The van der Waals surface area contributed by atoms with Gasteiger partial charge in [0.25, 0.3) is 10.1 Å². The Bertz CT molecular complexity index is 369. The molecule has 18 heavy (non-hydrogen) atoms. The maximum absolute atomic E-state index is 11.4. The summed E-state index contributed by atoms with van der Waals surface area (Å²) in [6.07, 6.45) is 5.19. The first-order valence-electron chi connectivity index (χ1n) is 6.38. The summed E-state index contributed by atoms with van der Waals surface area (Å²) in [6.45, 7) is 0.467. The summed E-state index contributed by atoms with van der Waals surface area (Å²) in [7, 11) is -3.90. The second-order valence-electron chi connectivity index (χ2n) is 4.85. The molecular formula is C11H22N2O4S. The first-order chi connectivity index (χ1) is 8.40. The lowest BCUT2D eigenvalue weighted by molar-refractivity contribution is -0.122. The van der Waals surface area contributed by atoms with Crippen LogP contribution in [0.1, 0.15) is 38.5 Å². The molecule has 1 aliphatic carbocycles. The van der Waals surface area contributed by atoms with Gasteiger partial charge in [-0.25, -0.2) is 0 Å². The summed E-state index contributed by atoms with van der Waals surface area (Å²) >= 11 is 0. The molecule has 0 spiro atoms. The molecule has 0 aromatic heterocycles. The Morgan fingerprint density at radius 1 is 1.28 bits per heavy atom. The minimum absolute atomic E-state index is 0.0337. The zero-order valence-corrected chi connectivity index (χ0v) is 11.3. The zero-order valence-electron chi connectivity index (χ0n) is 10.5. The summed E-state index contributed by atoms with van der Waals surface area (Å²) in [4.78, 5) is 11.4. The Morgan fingerprint density at radius 3 is 2.56 bits per heavy atom. The van der Waals surface area contributed by atoms with Gasteiger partial charge in [0.2, 0.25) is 5.91 Å². The third-order valence-corrected chi connectivity index (χ3v) is 4.17. The van der Waals surface area contributed by atoms with Gasteiger partial charge in [0, 0.05) is 6.04 Å². The smallest absolute Gasteiger partial charge is 0.264 e. The van der Waals surface area contributed by atoms with E-state index in [0.29, 0.717) is 13.0 Å².